The molecule has 120 valence electrons. The molecule has 0 heterocycles. The van der Waals surface area contributed by atoms with Gasteiger partial charge in [0.25, 0.3) is 0 Å². The minimum Gasteiger partial charge on any atom is -0.406 e. The van der Waals surface area contributed by atoms with Gasteiger partial charge in [-0.1, -0.05) is 23.7 Å². The molecule has 1 atom stereocenters. The number of alkyl halides is 3. The third kappa shape index (κ3) is 4.69. The van der Waals surface area contributed by atoms with Gasteiger partial charge in [-0.3, -0.25) is 0 Å². The summed E-state index contributed by atoms with van der Waals surface area (Å²) in [4.78, 5) is 0. The van der Waals surface area contributed by atoms with E-state index in [0.717, 1.165) is 0 Å². The standard InChI is InChI=1S/C14H12ClF3N2O.ClH/c15-9-3-6-12(19)11(7-9)13(20)8-1-4-10(5-2-8)21-14(16,17)18;/h1-7,13H,19-20H2;1H/t13-;/m0./s1. The van der Waals surface area contributed by atoms with Gasteiger partial charge in [0.1, 0.15) is 5.75 Å². The first-order valence-corrected chi connectivity index (χ1v) is 6.30. The number of hydrogen-bond acceptors (Lipinski definition) is 3. The molecular formula is C14H13Cl2F3N2O. The minimum absolute atomic E-state index is 0. The van der Waals surface area contributed by atoms with Crippen molar-refractivity contribution in [2.24, 2.45) is 5.73 Å². The van der Waals surface area contributed by atoms with E-state index in [1.807, 2.05) is 0 Å². The molecule has 0 amide bonds. The van der Waals surface area contributed by atoms with Crippen LogP contribution in [0.25, 0.3) is 0 Å². The van der Waals surface area contributed by atoms with Crippen molar-refractivity contribution >= 4 is 29.7 Å². The second kappa shape index (κ2) is 7.09. The van der Waals surface area contributed by atoms with E-state index in [-0.39, 0.29) is 18.2 Å². The summed E-state index contributed by atoms with van der Waals surface area (Å²) in [7, 11) is 0. The third-order valence-electron chi connectivity index (χ3n) is 2.86. The first-order chi connectivity index (χ1) is 9.76. The van der Waals surface area contributed by atoms with E-state index < -0.39 is 12.4 Å². The van der Waals surface area contributed by atoms with Crippen LogP contribution in [-0.4, -0.2) is 6.36 Å². The van der Waals surface area contributed by atoms with E-state index in [0.29, 0.717) is 21.8 Å². The second-order valence-electron chi connectivity index (χ2n) is 4.37. The maximum absolute atomic E-state index is 12.1. The first kappa shape index (κ1) is 18.4. The molecule has 2 rings (SSSR count). The van der Waals surface area contributed by atoms with Gasteiger partial charge < -0.3 is 16.2 Å². The number of hydrogen-bond donors (Lipinski definition) is 2. The number of nitrogens with two attached hydrogens (primary N) is 2. The summed E-state index contributed by atoms with van der Waals surface area (Å²) in [5, 5.41) is 0.478. The Morgan fingerprint density at radius 2 is 1.64 bits per heavy atom. The first-order valence-electron chi connectivity index (χ1n) is 5.92. The lowest BCUT2D eigenvalue weighted by molar-refractivity contribution is -0.274. The molecular weight excluding hydrogens is 340 g/mol. The van der Waals surface area contributed by atoms with Gasteiger partial charge in [-0.15, -0.1) is 25.6 Å². The highest BCUT2D eigenvalue weighted by Gasteiger charge is 2.31. The van der Waals surface area contributed by atoms with Gasteiger partial charge in [-0.25, -0.2) is 0 Å². The quantitative estimate of drug-likeness (QED) is 0.810. The number of halogens is 5. The van der Waals surface area contributed by atoms with Gasteiger partial charge in [-0.2, -0.15) is 0 Å². The predicted molar refractivity (Wildman–Crippen MR) is 82.3 cm³/mol. The Bertz CT molecular complexity index is 633. The van der Waals surface area contributed by atoms with Crippen LogP contribution in [0.15, 0.2) is 42.5 Å². The van der Waals surface area contributed by atoms with Gasteiger partial charge in [0.15, 0.2) is 0 Å². The summed E-state index contributed by atoms with van der Waals surface area (Å²) >= 11 is 5.89. The minimum atomic E-state index is -4.72. The molecule has 0 aromatic heterocycles. The molecule has 0 saturated heterocycles. The van der Waals surface area contributed by atoms with Gasteiger partial charge >= 0.3 is 6.36 Å². The Balaban J connectivity index is 0.00000242. The van der Waals surface area contributed by atoms with Gasteiger partial charge in [0, 0.05) is 10.7 Å². The number of nitrogen functional groups attached to an aromatic ring is 1. The topological polar surface area (TPSA) is 61.3 Å². The molecule has 0 radical (unpaired) electrons. The van der Waals surface area contributed by atoms with Crippen molar-refractivity contribution in [3.05, 3.63) is 58.6 Å². The Hall–Kier alpha value is -1.63. The van der Waals surface area contributed by atoms with Crippen molar-refractivity contribution in [3.8, 4) is 5.75 Å². The summed E-state index contributed by atoms with van der Waals surface area (Å²) < 4.78 is 40.1. The van der Waals surface area contributed by atoms with Crippen molar-refractivity contribution in [1.82, 2.24) is 0 Å². The molecule has 0 bridgehead atoms. The second-order valence-corrected chi connectivity index (χ2v) is 4.80. The van der Waals surface area contributed by atoms with E-state index >= 15 is 0 Å². The lowest BCUT2D eigenvalue weighted by Crippen LogP contribution is -2.17. The smallest absolute Gasteiger partial charge is 0.406 e. The largest absolute Gasteiger partial charge is 0.573 e. The van der Waals surface area contributed by atoms with Crippen molar-refractivity contribution < 1.29 is 17.9 Å². The highest BCUT2D eigenvalue weighted by atomic mass is 35.5. The average molecular weight is 353 g/mol. The predicted octanol–water partition coefficient (Wildman–Crippen LogP) is 4.29. The van der Waals surface area contributed by atoms with Crippen molar-refractivity contribution in [3.63, 3.8) is 0 Å². The Morgan fingerprint density at radius 3 is 2.18 bits per heavy atom. The van der Waals surface area contributed by atoms with Crippen LogP contribution in [0.2, 0.25) is 5.02 Å². The summed E-state index contributed by atoms with van der Waals surface area (Å²) in [6, 6.07) is 9.59. The summed E-state index contributed by atoms with van der Waals surface area (Å²) in [5.74, 6) is -0.308. The van der Waals surface area contributed by atoms with Crippen LogP contribution in [0, 0.1) is 0 Å². The van der Waals surface area contributed by atoms with Gasteiger partial charge in [0.05, 0.1) is 6.04 Å². The Labute approximate surface area is 136 Å². The Kier molecular flexibility index (Phi) is 5.93. The zero-order chi connectivity index (χ0) is 15.6. The SMILES string of the molecule is Cl.Nc1ccc(Cl)cc1[C@@H](N)c1ccc(OC(F)(F)F)cc1. The lowest BCUT2D eigenvalue weighted by atomic mass is 9.98. The van der Waals surface area contributed by atoms with E-state index in [1.165, 1.54) is 24.3 Å². The van der Waals surface area contributed by atoms with E-state index in [2.05, 4.69) is 4.74 Å². The zero-order valence-electron chi connectivity index (χ0n) is 11.1. The molecule has 2 aromatic rings. The highest BCUT2D eigenvalue weighted by Crippen LogP contribution is 2.29. The fourth-order valence-electron chi connectivity index (χ4n) is 1.87. The molecule has 0 aliphatic heterocycles. The van der Waals surface area contributed by atoms with Gasteiger partial charge in [-0.05, 0) is 41.5 Å². The van der Waals surface area contributed by atoms with E-state index in [1.54, 1.807) is 18.2 Å². The molecule has 0 fully saturated rings. The maximum Gasteiger partial charge on any atom is 0.573 e. The Morgan fingerprint density at radius 1 is 1.05 bits per heavy atom. The molecule has 2 aromatic carbocycles. The molecule has 22 heavy (non-hydrogen) atoms. The molecule has 0 aliphatic rings. The van der Waals surface area contributed by atoms with Crippen LogP contribution in [0.1, 0.15) is 17.2 Å². The van der Waals surface area contributed by atoms with Crippen LogP contribution in [0.4, 0.5) is 18.9 Å². The molecule has 0 aliphatic carbocycles. The van der Waals surface area contributed by atoms with Crippen molar-refractivity contribution in [2.45, 2.75) is 12.4 Å². The third-order valence-corrected chi connectivity index (χ3v) is 3.09. The zero-order valence-corrected chi connectivity index (χ0v) is 12.7. The highest BCUT2D eigenvalue weighted by molar-refractivity contribution is 6.30. The van der Waals surface area contributed by atoms with Crippen LogP contribution in [-0.2, 0) is 0 Å². The van der Waals surface area contributed by atoms with Crippen LogP contribution in [0.3, 0.4) is 0 Å². The number of rotatable bonds is 3. The lowest BCUT2D eigenvalue weighted by Gasteiger charge is -2.16. The van der Waals surface area contributed by atoms with Crippen molar-refractivity contribution in [2.75, 3.05) is 5.73 Å². The molecule has 0 unspecified atom stereocenters. The van der Waals surface area contributed by atoms with Crippen LogP contribution in [0.5, 0.6) is 5.75 Å². The average Bonchev–Trinajstić information content (AvgIpc) is 2.40. The van der Waals surface area contributed by atoms with Crippen molar-refractivity contribution in [1.29, 1.82) is 0 Å². The maximum atomic E-state index is 12.1. The summed E-state index contributed by atoms with van der Waals surface area (Å²) in [6.45, 7) is 0. The monoisotopic (exact) mass is 352 g/mol. The van der Waals surface area contributed by atoms with E-state index in [9.17, 15) is 13.2 Å². The number of ether oxygens (including phenoxy) is 1. The molecule has 4 N–H and O–H groups in total. The fraction of sp³-hybridized carbons (Fsp3) is 0.143. The molecule has 8 heteroatoms. The summed E-state index contributed by atoms with van der Waals surface area (Å²) in [5.41, 5.74) is 13.6. The number of anilines is 1. The summed E-state index contributed by atoms with van der Waals surface area (Å²) in [6.07, 6.45) is -4.72. The van der Waals surface area contributed by atoms with E-state index in [4.69, 9.17) is 23.1 Å². The van der Waals surface area contributed by atoms with Gasteiger partial charge in [0.2, 0.25) is 0 Å². The van der Waals surface area contributed by atoms with Crippen LogP contribution < -0.4 is 16.2 Å². The normalized spacial score (nSPS) is 12.4. The molecule has 3 nitrogen and oxygen atoms in total. The molecule has 0 spiro atoms. The molecule has 0 saturated carbocycles. The fourth-order valence-corrected chi connectivity index (χ4v) is 2.05. The number of benzene rings is 2. The van der Waals surface area contributed by atoms with Crippen LogP contribution >= 0.6 is 24.0 Å².